The molecule has 2 aliphatic rings. The minimum absolute atomic E-state index is 0.0463. The van der Waals surface area contributed by atoms with E-state index in [1.807, 2.05) is 36.4 Å². The molecule has 0 saturated carbocycles. The molecule has 4 unspecified atom stereocenters. The first-order valence-electron chi connectivity index (χ1n) is 25.9. The number of benzene rings is 5. The highest BCUT2D eigenvalue weighted by Gasteiger charge is 2.44. The maximum Gasteiger partial charge on any atom is 0.317 e. The molecule has 1 N–H and O–H groups in total. The van der Waals surface area contributed by atoms with Crippen LogP contribution in [0.25, 0.3) is 0 Å². The Hall–Kier alpha value is -6.73. The third-order valence-electron chi connectivity index (χ3n) is 15.1. The van der Waals surface area contributed by atoms with E-state index in [0.29, 0.717) is 106 Å². The predicted octanol–water partition coefficient (Wildman–Crippen LogP) is 9.38. The van der Waals surface area contributed by atoms with Gasteiger partial charge in [-0.05, 0) is 77.7 Å². The van der Waals surface area contributed by atoms with Gasteiger partial charge in [0, 0.05) is 42.4 Å². The lowest BCUT2D eigenvalue weighted by Gasteiger charge is -2.46. The van der Waals surface area contributed by atoms with E-state index in [1.165, 1.54) is 17.7 Å². The zero-order valence-corrected chi connectivity index (χ0v) is 47.4. The SMILES string of the molecule is CCCCCOC(=O)CC[N+]1(C)CCc2c(cc(OC)c(OC)c2OC(=O)CC[N+]2(C)CCc3cc(OC)c(OC)cc3C2Cc2ccc(OC)c(OC)c2)C1Cc1ccc(OC)c(OC)c1.O=S(=O)(O)c1ccccc1. The van der Waals surface area contributed by atoms with Crippen LogP contribution in [0.3, 0.4) is 0 Å². The maximum absolute atomic E-state index is 14.5. The first-order chi connectivity index (χ1) is 36.9. The second kappa shape index (κ2) is 27.0. The van der Waals surface area contributed by atoms with Gasteiger partial charge in [0.2, 0.25) is 5.75 Å². The summed E-state index contributed by atoms with van der Waals surface area (Å²) in [5.74, 6) is 4.53. The summed E-state index contributed by atoms with van der Waals surface area (Å²) in [5.41, 5.74) is 6.27. The zero-order chi connectivity index (χ0) is 55.9. The van der Waals surface area contributed by atoms with Gasteiger partial charge in [-0.1, -0.05) is 50.1 Å². The summed E-state index contributed by atoms with van der Waals surface area (Å²) < 4.78 is 88.6. The van der Waals surface area contributed by atoms with E-state index in [4.69, 9.17) is 51.9 Å². The fraction of sp³-hybridized carbons (Fsp3) is 0.458. The fourth-order valence-electron chi connectivity index (χ4n) is 10.6. The molecule has 77 heavy (non-hydrogen) atoms. The Morgan fingerprint density at radius 1 is 0.558 bits per heavy atom. The topological polar surface area (TPSA) is 181 Å². The summed E-state index contributed by atoms with van der Waals surface area (Å²) in [6.07, 6.45) is 5.95. The number of methoxy groups -OCH3 is 8. The highest BCUT2D eigenvalue weighted by atomic mass is 32.2. The van der Waals surface area contributed by atoms with Crippen LogP contribution in [0.1, 0.15) is 84.5 Å². The largest absolute Gasteiger partial charge is 0.493 e. The smallest absolute Gasteiger partial charge is 0.317 e. The number of nitrogens with zero attached hydrogens (tertiary/aromatic N) is 2. The van der Waals surface area contributed by atoms with Crippen LogP contribution in [-0.4, -0.2) is 138 Å². The van der Waals surface area contributed by atoms with Crippen molar-refractivity contribution in [2.24, 2.45) is 0 Å². The van der Waals surface area contributed by atoms with Crippen molar-refractivity contribution in [3.63, 3.8) is 0 Å². The third kappa shape index (κ3) is 14.5. The lowest BCUT2D eigenvalue weighted by molar-refractivity contribution is -0.941. The molecule has 0 bridgehead atoms. The van der Waals surface area contributed by atoms with Crippen LogP contribution in [-0.2, 0) is 50.1 Å². The number of esters is 2. The average Bonchev–Trinajstić information content (AvgIpc) is 3.44. The standard InChI is InChI=1S/C53H72N2O12.C6H6O3S/c1-12-13-14-27-66-50(56)21-25-55(3)24-20-38-40(42(55)29-36-16-18-44(59-5)46(31-36)61-7)34-49(64-10)53(65-11)52(38)67-51(57)22-26-54(2)23-19-37-32-47(62-8)48(63-9)33-39(37)41(54)28-35-15-17-43(58-4)45(30-35)60-6;7-10(8,9)6-4-2-1-3-5-6/h15-18,30-34,41-42H,12-14,19-29H2,1-11H3;1-5H,(H,7,8,9)/q+2;. The predicted molar refractivity (Wildman–Crippen MR) is 292 cm³/mol. The van der Waals surface area contributed by atoms with E-state index >= 15 is 0 Å². The van der Waals surface area contributed by atoms with Crippen LogP contribution in [0.15, 0.2) is 89.8 Å². The molecule has 0 saturated heterocycles. The molecule has 0 amide bonds. The highest BCUT2D eigenvalue weighted by molar-refractivity contribution is 7.85. The van der Waals surface area contributed by atoms with Gasteiger partial charge in [0.1, 0.15) is 12.1 Å². The second-order valence-electron chi connectivity index (χ2n) is 19.8. The van der Waals surface area contributed by atoms with Crippen molar-refractivity contribution >= 4 is 22.1 Å². The minimum Gasteiger partial charge on any atom is -0.493 e. The summed E-state index contributed by atoms with van der Waals surface area (Å²) in [5, 5.41) is 0. The van der Waals surface area contributed by atoms with Crippen LogP contribution in [0.5, 0.6) is 51.7 Å². The van der Waals surface area contributed by atoms with Crippen molar-refractivity contribution < 1.29 is 78.9 Å². The molecule has 0 fully saturated rings. The molecule has 2 heterocycles. The molecule has 5 aromatic rings. The Balaban J connectivity index is 0.000000861. The van der Waals surface area contributed by atoms with Gasteiger partial charge in [-0.25, -0.2) is 0 Å². The van der Waals surface area contributed by atoms with E-state index in [0.717, 1.165) is 60.0 Å². The molecule has 7 rings (SSSR count). The molecular weight excluding hydrogens is 1010 g/mol. The molecule has 0 spiro atoms. The van der Waals surface area contributed by atoms with Gasteiger partial charge < -0.3 is 56.3 Å². The number of carbonyl (C=O) groups excluding carboxylic acids is 2. The zero-order valence-electron chi connectivity index (χ0n) is 46.6. The number of unbranched alkanes of at least 4 members (excludes halogenated alkanes) is 2. The minimum atomic E-state index is -4.00. The number of quaternary nitrogens is 2. The number of likely N-dealkylation sites (N-methyl/N-ethyl adjacent to an activating group) is 2. The number of fused-ring (bicyclic) bond motifs is 2. The van der Waals surface area contributed by atoms with Crippen LogP contribution in [0.2, 0.25) is 0 Å². The van der Waals surface area contributed by atoms with E-state index in [-0.39, 0.29) is 41.8 Å². The van der Waals surface area contributed by atoms with Crippen molar-refractivity contribution in [3.8, 4) is 51.7 Å². The molecule has 4 atom stereocenters. The Bertz CT molecular complexity index is 2920. The first kappa shape index (κ1) is 59.5. The fourth-order valence-corrected chi connectivity index (χ4v) is 11.1. The van der Waals surface area contributed by atoms with Gasteiger partial charge in [-0.3, -0.25) is 14.1 Å². The molecule has 418 valence electrons. The normalized spacial score (nSPS) is 18.5. The van der Waals surface area contributed by atoms with Crippen LogP contribution in [0.4, 0.5) is 0 Å². The second-order valence-corrected chi connectivity index (χ2v) is 21.2. The van der Waals surface area contributed by atoms with Crippen molar-refractivity contribution in [2.75, 3.05) is 104 Å². The summed E-state index contributed by atoms with van der Waals surface area (Å²) in [6, 6.07) is 25.3. The lowest BCUT2D eigenvalue weighted by Crippen LogP contribution is -2.53. The number of ether oxygens (including phenoxy) is 10. The van der Waals surface area contributed by atoms with Crippen LogP contribution in [0, 0.1) is 0 Å². The van der Waals surface area contributed by atoms with E-state index in [9.17, 15) is 18.0 Å². The molecule has 5 aromatic carbocycles. The molecule has 0 aliphatic carbocycles. The number of hydrogen-bond donors (Lipinski definition) is 1. The average molecular weight is 1090 g/mol. The number of carbonyl (C=O) groups is 2. The summed E-state index contributed by atoms with van der Waals surface area (Å²) in [7, 11) is 13.4. The summed E-state index contributed by atoms with van der Waals surface area (Å²) >= 11 is 0. The quantitative estimate of drug-likeness (QED) is 0.0203. The van der Waals surface area contributed by atoms with Crippen molar-refractivity contribution in [1.82, 2.24) is 0 Å². The van der Waals surface area contributed by atoms with E-state index in [1.54, 1.807) is 75.1 Å². The molecule has 0 radical (unpaired) electrons. The van der Waals surface area contributed by atoms with Crippen LogP contribution < -0.4 is 42.6 Å². The van der Waals surface area contributed by atoms with Gasteiger partial charge in [0.15, 0.2) is 46.0 Å². The van der Waals surface area contributed by atoms with Gasteiger partial charge >= 0.3 is 11.9 Å². The molecule has 0 aromatic heterocycles. The number of rotatable bonds is 24. The lowest BCUT2D eigenvalue weighted by atomic mass is 9.85. The monoisotopic (exact) mass is 1090 g/mol. The van der Waals surface area contributed by atoms with Crippen molar-refractivity contribution in [3.05, 3.63) is 118 Å². The Kier molecular flexibility index (Phi) is 20.9. The molecule has 17 nitrogen and oxygen atoms in total. The molecule has 2 aliphatic heterocycles. The Morgan fingerprint density at radius 2 is 1.05 bits per heavy atom. The van der Waals surface area contributed by atoms with Crippen LogP contribution >= 0.6 is 0 Å². The Labute approximate surface area is 454 Å². The van der Waals surface area contributed by atoms with Gasteiger partial charge in [-0.15, -0.1) is 0 Å². The van der Waals surface area contributed by atoms with E-state index < -0.39 is 10.1 Å². The summed E-state index contributed by atoms with van der Waals surface area (Å²) in [6.45, 7) is 5.07. The number of hydrogen-bond acceptors (Lipinski definition) is 14. The van der Waals surface area contributed by atoms with E-state index in [2.05, 4.69) is 39.2 Å². The maximum atomic E-state index is 14.5. The van der Waals surface area contributed by atoms with Gasteiger partial charge in [0.25, 0.3) is 10.1 Å². The molecule has 18 heteroatoms. The van der Waals surface area contributed by atoms with Crippen molar-refractivity contribution in [2.45, 2.75) is 81.7 Å². The first-order valence-corrected chi connectivity index (χ1v) is 27.4. The summed E-state index contributed by atoms with van der Waals surface area (Å²) in [4.78, 5) is 27.5. The van der Waals surface area contributed by atoms with Crippen molar-refractivity contribution in [1.29, 1.82) is 0 Å². The molecular formula is C59H78N2O15S+2. The highest BCUT2D eigenvalue weighted by Crippen LogP contribution is 2.50. The van der Waals surface area contributed by atoms with Gasteiger partial charge in [-0.2, -0.15) is 8.42 Å². The Morgan fingerprint density at radius 3 is 1.56 bits per heavy atom. The van der Waals surface area contributed by atoms with Gasteiger partial charge in [0.05, 0.1) is 121 Å². The third-order valence-corrected chi connectivity index (χ3v) is 15.9.